The van der Waals surface area contributed by atoms with E-state index in [9.17, 15) is 9.50 Å². The SMILES string of the molecule is OC[C@@]1(Cc2ccccc2F)CCCN(c2ncccn2)C1. The minimum atomic E-state index is -0.348. The lowest BCUT2D eigenvalue weighted by Gasteiger charge is -2.42. The molecule has 1 fully saturated rings. The summed E-state index contributed by atoms with van der Waals surface area (Å²) in [6, 6.07) is 8.58. The summed E-state index contributed by atoms with van der Waals surface area (Å²) in [6.45, 7) is 1.54. The lowest BCUT2D eigenvalue weighted by molar-refractivity contribution is 0.104. The molecule has 0 spiro atoms. The van der Waals surface area contributed by atoms with E-state index >= 15 is 0 Å². The molecule has 0 radical (unpaired) electrons. The zero-order chi connectivity index (χ0) is 15.4. The molecule has 1 N–H and O–H groups in total. The molecule has 5 heteroatoms. The fourth-order valence-electron chi connectivity index (χ4n) is 3.21. The first-order valence-electron chi connectivity index (χ1n) is 7.59. The molecule has 1 aromatic heterocycles. The summed E-state index contributed by atoms with van der Waals surface area (Å²) in [4.78, 5) is 10.7. The molecule has 2 heterocycles. The van der Waals surface area contributed by atoms with Crippen molar-refractivity contribution in [3.63, 3.8) is 0 Å². The summed E-state index contributed by atoms with van der Waals surface area (Å²) < 4.78 is 14.0. The molecule has 1 saturated heterocycles. The van der Waals surface area contributed by atoms with Crippen LogP contribution in [0.1, 0.15) is 18.4 Å². The third kappa shape index (κ3) is 3.09. The Balaban J connectivity index is 1.82. The normalized spacial score (nSPS) is 21.8. The fraction of sp³-hybridized carbons (Fsp3) is 0.412. The van der Waals surface area contributed by atoms with Crippen LogP contribution in [0.15, 0.2) is 42.7 Å². The van der Waals surface area contributed by atoms with Crippen molar-refractivity contribution in [3.8, 4) is 0 Å². The van der Waals surface area contributed by atoms with E-state index in [-0.39, 0.29) is 17.8 Å². The number of aliphatic hydroxyl groups excluding tert-OH is 1. The topological polar surface area (TPSA) is 49.2 Å². The number of nitrogens with zero attached hydrogens (tertiary/aromatic N) is 3. The maximum absolute atomic E-state index is 14.0. The van der Waals surface area contributed by atoms with Crippen molar-refractivity contribution in [2.45, 2.75) is 19.3 Å². The number of anilines is 1. The van der Waals surface area contributed by atoms with Gasteiger partial charge in [-0.1, -0.05) is 18.2 Å². The molecular formula is C17H20FN3O. The van der Waals surface area contributed by atoms with E-state index in [2.05, 4.69) is 14.9 Å². The average molecular weight is 301 g/mol. The minimum absolute atomic E-state index is 0.0324. The summed E-state index contributed by atoms with van der Waals surface area (Å²) >= 11 is 0. The summed E-state index contributed by atoms with van der Waals surface area (Å²) in [7, 11) is 0. The second-order valence-electron chi connectivity index (χ2n) is 6.00. The monoisotopic (exact) mass is 301 g/mol. The highest BCUT2D eigenvalue weighted by Gasteiger charge is 2.36. The Kier molecular flexibility index (Phi) is 4.34. The van der Waals surface area contributed by atoms with Gasteiger partial charge in [-0.25, -0.2) is 14.4 Å². The molecule has 1 aromatic carbocycles. The van der Waals surface area contributed by atoms with Gasteiger partial charge in [0, 0.05) is 30.9 Å². The number of piperidine rings is 1. The van der Waals surface area contributed by atoms with Crippen LogP contribution < -0.4 is 4.90 Å². The largest absolute Gasteiger partial charge is 0.396 e. The van der Waals surface area contributed by atoms with Gasteiger partial charge < -0.3 is 10.0 Å². The van der Waals surface area contributed by atoms with Crippen molar-refractivity contribution in [1.29, 1.82) is 0 Å². The van der Waals surface area contributed by atoms with E-state index in [1.807, 2.05) is 6.07 Å². The Morgan fingerprint density at radius 1 is 1.18 bits per heavy atom. The standard InChI is InChI=1S/C17H20FN3O/c18-15-6-2-1-5-14(15)11-17(13-22)7-3-10-21(12-17)16-19-8-4-9-20-16/h1-2,4-6,8-9,22H,3,7,10-13H2/t17-/m1/s1. The third-order valence-corrected chi connectivity index (χ3v) is 4.36. The lowest BCUT2D eigenvalue weighted by Crippen LogP contribution is -2.47. The van der Waals surface area contributed by atoms with Crippen LogP contribution in [-0.2, 0) is 6.42 Å². The number of halogens is 1. The van der Waals surface area contributed by atoms with Gasteiger partial charge in [0.2, 0.25) is 5.95 Å². The van der Waals surface area contributed by atoms with Crippen molar-refractivity contribution >= 4 is 5.95 Å². The van der Waals surface area contributed by atoms with E-state index in [1.54, 1.807) is 30.6 Å². The van der Waals surface area contributed by atoms with E-state index in [1.165, 1.54) is 6.07 Å². The van der Waals surface area contributed by atoms with Gasteiger partial charge in [-0.05, 0) is 37.0 Å². The quantitative estimate of drug-likeness (QED) is 0.942. The summed E-state index contributed by atoms with van der Waals surface area (Å²) in [6.07, 6.45) is 5.77. The number of rotatable bonds is 4. The Bertz CT molecular complexity index is 622. The van der Waals surface area contributed by atoms with Crippen LogP contribution in [0.25, 0.3) is 0 Å². The van der Waals surface area contributed by atoms with Gasteiger partial charge in [0.05, 0.1) is 6.61 Å². The molecule has 0 saturated carbocycles. The van der Waals surface area contributed by atoms with Crippen molar-refractivity contribution < 1.29 is 9.50 Å². The van der Waals surface area contributed by atoms with Crippen LogP contribution in [0.3, 0.4) is 0 Å². The molecule has 0 aliphatic carbocycles. The van der Waals surface area contributed by atoms with E-state index in [0.717, 1.165) is 19.4 Å². The molecule has 0 amide bonds. The molecule has 116 valence electrons. The van der Waals surface area contributed by atoms with Gasteiger partial charge >= 0.3 is 0 Å². The lowest BCUT2D eigenvalue weighted by atomic mass is 9.75. The number of hydrogen-bond acceptors (Lipinski definition) is 4. The van der Waals surface area contributed by atoms with E-state index in [4.69, 9.17) is 0 Å². The highest BCUT2D eigenvalue weighted by atomic mass is 19.1. The average Bonchev–Trinajstić information content (AvgIpc) is 2.58. The second kappa shape index (κ2) is 6.40. The first-order chi connectivity index (χ1) is 10.7. The summed E-state index contributed by atoms with van der Waals surface area (Å²) in [5.41, 5.74) is 0.312. The Morgan fingerprint density at radius 2 is 1.95 bits per heavy atom. The van der Waals surface area contributed by atoms with Crippen molar-refractivity contribution in [2.75, 3.05) is 24.6 Å². The Morgan fingerprint density at radius 3 is 2.68 bits per heavy atom. The Labute approximate surface area is 129 Å². The first-order valence-corrected chi connectivity index (χ1v) is 7.59. The van der Waals surface area contributed by atoms with E-state index < -0.39 is 0 Å². The van der Waals surface area contributed by atoms with Crippen LogP contribution in [0.4, 0.5) is 10.3 Å². The molecule has 0 bridgehead atoms. The predicted octanol–water partition coefficient (Wildman–Crippen LogP) is 2.44. The number of aliphatic hydroxyl groups is 1. The molecule has 2 aromatic rings. The molecule has 3 rings (SSSR count). The number of benzene rings is 1. The zero-order valence-electron chi connectivity index (χ0n) is 12.5. The fourth-order valence-corrected chi connectivity index (χ4v) is 3.21. The summed E-state index contributed by atoms with van der Waals surface area (Å²) in [5.74, 6) is 0.469. The number of hydrogen-bond donors (Lipinski definition) is 1. The highest BCUT2D eigenvalue weighted by Crippen LogP contribution is 2.35. The van der Waals surface area contributed by atoms with Crippen molar-refractivity contribution in [3.05, 3.63) is 54.1 Å². The van der Waals surface area contributed by atoms with Crippen LogP contribution in [0.5, 0.6) is 0 Å². The van der Waals surface area contributed by atoms with Gasteiger partial charge in [-0.2, -0.15) is 0 Å². The highest BCUT2D eigenvalue weighted by molar-refractivity contribution is 5.31. The second-order valence-corrected chi connectivity index (χ2v) is 6.00. The zero-order valence-corrected chi connectivity index (χ0v) is 12.5. The number of aromatic nitrogens is 2. The van der Waals surface area contributed by atoms with Gasteiger partial charge in [0.15, 0.2) is 0 Å². The van der Waals surface area contributed by atoms with Crippen LogP contribution in [0, 0.1) is 11.2 Å². The smallest absolute Gasteiger partial charge is 0.225 e. The van der Waals surface area contributed by atoms with Gasteiger partial charge in [0.25, 0.3) is 0 Å². The molecule has 22 heavy (non-hydrogen) atoms. The maximum Gasteiger partial charge on any atom is 0.225 e. The first kappa shape index (κ1) is 14.9. The van der Waals surface area contributed by atoms with E-state index in [0.29, 0.717) is 24.5 Å². The molecule has 1 aliphatic heterocycles. The Hall–Kier alpha value is -2.01. The van der Waals surface area contributed by atoms with Gasteiger partial charge in [-0.15, -0.1) is 0 Å². The van der Waals surface area contributed by atoms with Crippen LogP contribution in [0.2, 0.25) is 0 Å². The predicted molar refractivity (Wildman–Crippen MR) is 83.1 cm³/mol. The van der Waals surface area contributed by atoms with Crippen molar-refractivity contribution in [2.24, 2.45) is 5.41 Å². The third-order valence-electron chi connectivity index (χ3n) is 4.36. The minimum Gasteiger partial charge on any atom is -0.396 e. The van der Waals surface area contributed by atoms with Crippen LogP contribution in [-0.4, -0.2) is 34.8 Å². The van der Waals surface area contributed by atoms with Crippen molar-refractivity contribution in [1.82, 2.24) is 9.97 Å². The molecule has 4 nitrogen and oxygen atoms in total. The molecule has 0 unspecified atom stereocenters. The molecule has 1 aliphatic rings. The van der Waals surface area contributed by atoms with Crippen LogP contribution >= 0.6 is 0 Å². The maximum atomic E-state index is 14.0. The van der Waals surface area contributed by atoms with Gasteiger partial charge in [-0.3, -0.25) is 0 Å². The van der Waals surface area contributed by atoms with Gasteiger partial charge in [0.1, 0.15) is 5.82 Å². The summed E-state index contributed by atoms with van der Waals surface area (Å²) in [5, 5.41) is 9.97. The molecular weight excluding hydrogens is 281 g/mol. The molecule has 1 atom stereocenters.